The van der Waals surface area contributed by atoms with Gasteiger partial charge >= 0.3 is 0 Å². The highest BCUT2D eigenvalue weighted by Gasteiger charge is 2.27. The molecule has 1 aliphatic rings. The van der Waals surface area contributed by atoms with Gasteiger partial charge in [0.25, 0.3) is 11.8 Å². The zero-order valence-corrected chi connectivity index (χ0v) is 16.0. The van der Waals surface area contributed by atoms with Gasteiger partial charge in [0, 0.05) is 18.5 Å². The molecule has 0 spiro atoms. The summed E-state index contributed by atoms with van der Waals surface area (Å²) in [6.45, 7) is 4.30. The summed E-state index contributed by atoms with van der Waals surface area (Å²) in [4.78, 5) is 26.6. The van der Waals surface area contributed by atoms with Crippen molar-refractivity contribution in [1.82, 2.24) is 10.5 Å². The highest BCUT2D eigenvalue weighted by Crippen LogP contribution is 2.38. The Kier molecular flexibility index (Phi) is 5.73. The molecule has 2 N–H and O–H groups in total. The molecular formula is C18H23N3O4S. The van der Waals surface area contributed by atoms with E-state index >= 15 is 0 Å². The fourth-order valence-corrected chi connectivity index (χ4v) is 4.50. The van der Waals surface area contributed by atoms with Crippen molar-refractivity contribution in [2.75, 3.05) is 25.6 Å². The quantitative estimate of drug-likeness (QED) is 0.755. The van der Waals surface area contributed by atoms with Crippen LogP contribution in [0, 0.1) is 13.8 Å². The standard InChI is InChI=1S/C18H23N3O4S/c1-10-14(11(2)25-21-10)17(23)20-18-15(16(22)19-8-9-24-3)12-6-4-5-7-13(12)26-18/h4-9H2,1-3H3,(H,19,22)(H,20,23). The lowest BCUT2D eigenvalue weighted by molar-refractivity contribution is 0.0937. The predicted molar refractivity (Wildman–Crippen MR) is 99.1 cm³/mol. The zero-order valence-electron chi connectivity index (χ0n) is 15.2. The average Bonchev–Trinajstić information content (AvgIpc) is 3.14. The second-order valence-electron chi connectivity index (χ2n) is 6.32. The number of hydrogen-bond acceptors (Lipinski definition) is 6. The lowest BCUT2D eigenvalue weighted by Crippen LogP contribution is -2.28. The Morgan fingerprint density at radius 2 is 1.96 bits per heavy atom. The molecule has 140 valence electrons. The Morgan fingerprint density at radius 1 is 1.19 bits per heavy atom. The van der Waals surface area contributed by atoms with Crippen LogP contribution in [0.15, 0.2) is 4.52 Å². The minimum absolute atomic E-state index is 0.171. The van der Waals surface area contributed by atoms with Gasteiger partial charge < -0.3 is 19.9 Å². The molecule has 2 amide bonds. The van der Waals surface area contributed by atoms with Crippen molar-refractivity contribution in [3.8, 4) is 0 Å². The first-order valence-corrected chi connectivity index (χ1v) is 9.50. The van der Waals surface area contributed by atoms with Gasteiger partial charge in [-0.05, 0) is 45.1 Å². The molecule has 0 radical (unpaired) electrons. The number of rotatable bonds is 6. The van der Waals surface area contributed by atoms with Gasteiger partial charge in [0.1, 0.15) is 16.3 Å². The summed E-state index contributed by atoms with van der Waals surface area (Å²) in [5.74, 6) is -0.00582. The van der Waals surface area contributed by atoms with Crippen molar-refractivity contribution in [3.63, 3.8) is 0 Å². The van der Waals surface area contributed by atoms with Crippen LogP contribution in [-0.2, 0) is 17.6 Å². The molecule has 2 heterocycles. The molecule has 2 aromatic heterocycles. The minimum atomic E-state index is -0.300. The summed E-state index contributed by atoms with van der Waals surface area (Å²) in [6.07, 6.45) is 3.97. The summed E-state index contributed by atoms with van der Waals surface area (Å²) >= 11 is 1.49. The van der Waals surface area contributed by atoms with Gasteiger partial charge in [-0.1, -0.05) is 5.16 Å². The number of thiophene rings is 1. The third-order valence-electron chi connectivity index (χ3n) is 4.48. The van der Waals surface area contributed by atoms with Gasteiger partial charge in [0.05, 0.1) is 17.9 Å². The summed E-state index contributed by atoms with van der Waals surface area (Å²) in [6, 6.07) is 0. The summed E-state index contributed by atoms with van der Waals surface area (Å²) in [5, 5.41) is 10.2. The molecule has 8 heteroatoms. The predicted octanol–water partition coefficient (Wildman–Crippen LogP) is 2.86. The molecule has 0 fully saturated rings. The molecule has 0 bridgehead atoms. The molecular weight excluding hydrogens is 354 g/mol. The maximum Gasteiger partial charge on any atom is 0.261 e. The van der Waals surface area contributed by atoms with Crippen LogP contribution >= 0.6 is 11.3 Å². The number of fused-ring (bicyclic) bond motifs is 1. The Balaban J connectivity index is 1.89. The van der Waals surface area contributed by atoms with Crippen LogP contribution in [0.3, 0.4) is 0 Å². The third-order valence-corrected chi connectivity index (χ3v) is 5.68. The lowest BCUT2D eigenvalue weighted by Gasteiger charge is -2.13. The molecule has 1 aliphatic carbocycles. The molecule has 0 atom stereocenters. The number of nitrogens with zero attached hydrogens (tertiary/aromatic N) is 1. The van der Waals surface area contributed by atoms with Crippen LogP contribution in [0.4, 0.5) is 5.00 Å². The first-order chi connectivity index (χ1) is 12.5. The number of aryl methyl sites for hydroxylation is 3. The van der Waals surface area contributed by atoms with Crippen molar-refractivity contribution in [2.45, 2.75) is 39.5 Å². The Labute approximate surface area is 156 Å². The Morgan fingerprint density at radius 3 is 2.65 bits per heavy atom. The highest BCUT2D eigenvalue weighted by atomic mass is 32.1. The monoisotopic (exact) mass is 377 g/mol. The summed E-state index contributed by atoms with van der Waals surface area (Å²) < 4.78 is 10.1. The first kappa shape index (κ1) is 18.6. The van der Waals surface area contributed by atoms with Gasteiger partial charge in [-0.25, -0.2) is 0 Å². The van der Waals surface area contributed by atoms with Crippen molar-refractivity contribution >= 4 is 28.2 Å². The van der Waals surface area contributed by atoms with Crippen LogP contribution in [0.2, 0.25) is 0 Å². The van der Waals surface area contributed by atoms with Crippen LogP contribution in [0.1, 0.15) is 55.5 Å². The Hall–Kier alpha value is -2.19. The second-order valence-corrected chi connectivity index (χ2v) is 7.42. The van der Waals surface area contributed by atoms with Crippen molar-refractivity contribution < 1.29 is 18.8 Å². The van der Waals surface area contributed by atoms with Crippen LogP contribution in [0.25, 0.3) is 0 Å². The van der Waals surface area contributed by atoms with E-state index in [-0.39, 0.29) is 11.8 Å². The summed E-state index contributed by atoms with van der Waals surface area (Å²) in [5.41, 5.74) is 2.60. The van der Waals surface area contributed by atoms with Crippen molar-refractivity contribution in [1.29, 1.82) is 0 Å². The van der Waals surface area contributed by atoms with E-state index in [1.807, 2.05) is 0 Å². The van der Waals surface area contributed by atoms with Gasteiger partial charge in [-0.2, -0.15) is 0 Å². The smallest absolute Gasteiger partial charge is 0.261 e. The van der Waals surface area contributed by atoms with E-state index in [1.165, 1.54) is 16.2 Å². The fraction of sp³-hybridized carbons (Fsp3) is 0.500. The fourth-order valence-electron chi connectivity index (χ4n) is 3.22. The number of carbonyl (C=O) groups excluding carboxylic acids is 2. The maximum atomic E-state index is 12.7. The largest absolute Gasteiger partial charge is 0.383 e. The number of ether oxygens (including phenoxy) is 1. The topological polar surface area (TPSA) is 93.5 Å². The van der Waals surface area contributed by atoms with E-state index in [0.29, 0.717) is 40.7 Å². The van der Waals surface area contributed by atoms with Gasteiger partial charge in [0.2, 0.25) is 0 Å². The van der Waals surface area contributed by atoms with E-state index in [0.717, 1.165) is 31.2 Å². The number of hydrogen-bond donors (Lipinski definition) is 2. The number of amides is 2. The van der Waals surface area contributed by atoms with Gasteiger partial charge in [-0.3, -0.25) is 9.59 Å². The minimum Gasteiger partial charge on any atom is -0.383 e. The summed E-state index contributed by atoms with van der Waals surface area (Å²) in [7, 11) is 1.59. The second kappa shape index (κ2) is 8.01. The maximum absolute atomic E-state index is 12.7. The number of methoxy groups -OCH3 is 1. The molecule has 0 aliphatic heterocycles. The lowest BCUT2D eigenvalue weighted by atomic mass is 9.95. The van der Waals surface area contributed by atoms with E-state index in [9.17, 15) is 9.59 Å². The van der Waals surface area contributed by atoms with Crippen LogP contribution < -0.4 is 10.6 Å². The molecule has 7 nitrogen and oxygen atoms in total. The first-order valence-electron chi connectivity index (χ1n) is 8.68. The normalized spacial score (nSPS) is 13.3. The van der Waals surface area contributed by atoms with Gasteiger partial charge in [-0.15, -0.1) is 11.3 Å². The molecule has 0 aromatic carbocycles. The molecule has 0 saturated carbocycles. The number of nitrogens with one attached hydrogen (secondary N) is 2. The molecule has 0 unspecified atom stereocenters. The highest BCUT2D eigenvalue weighted by molar-refractivity contribution is 7.17. The number of aromatic nitrogens is 1. The van der Waals surface area contributed by atoms with Gasteiger partial charge in [0.15, 0.2) is 0 Å². The Bertz CT molecular complexity index is 805. The van der Waals surface area contributed by atoms with E-state index < -0.39 is 0 Å². The molecule has 2 aromatic rings. The van der Waals surface area contributed by atoms with Crippen molar-refractivity contribution in [2.24, 2.45) is 0 Å². The molecule has 0 saturated heterocycles. The van der Waals surface area contributed by atoms with E-state index in [2.05, 4.69) is 15.8 Å². The molecule has 26 heavy (non-hydrogen) atoms. The average molecular weight is 377 g/mol. The van der Waals surface area contributed by atoms with Crippen molar-refractivity contribution in [3.05, 3.63) is 33.0 Å². The van der Waals surface area contributed by atoms with E-state index in [4.69, 9.17) is 9.26 Å². The van der Waals surface area contributed by atoms with Crippen LogP contribution in [-0.4, -0.2) is 37.2 Å². The SMILES string of the molecule is COCCNC(=O)c1c(NC(=O)c2c(C)noc2C)sc2c1CCCC2. The number of carbonyl (C=O) groups is 2. The molecule has 3 rings (SSSR count). The van der Waals surface area contributed by atoms with E-state index in [1.54, 1.807) is 21.0 Å². The third kappa shape index (κ3) is 3.66. The zero-order chi connectivity index (χ0) is 18.7. The van der Waals surface area contributed by atoms with Crippen LogP contribution in [0.5, 0.6) is 0 Å². The number of anilines is 1.